The Hall–Kier alpha value is 0.0700. The predicted octanol–water partition coefficient (Wildman–Crippen LogP) is -1.46. The molecule has 0 saturated heterocycles. The van der Waals surface area contributed by atoms with Crippen LogP contribution < -0.4 is 29.6 Å². The Balaban J connectivity index is 0.00000121. The van der Waals surface area contributed by atoms with Crippen molar-refractivity contribution in [1.29, 1.82) is 0 Å². The molecule has 0 saturated carbocycles. The minimum Gasteiger partial charge on any atom is -0.769 e. The first-order valence-corrected chi connectivity index (χ1v) is 4.24. The van der Waals surface area contributed by atoms with E-state index >= 15 is 0 Å². The molecule has 0 bridgehead atoms. The van der Waals surface area contributed by atoms with Gasteiger partial charge in [0.05, 0.1) is 0 Å². The molecule has 0 aromatic heterocycles. The van der Waals surface area contributed by atoms with Gasteiger partial charge in [0.2, 0.25) is 0 Å². The Morgan fingerprint density at radius 1 is 1.25 bits per heavy atom. The summed E-state index contributed by atoms with van der Waals surface area (Å²) in [5.41, 5.74) is 0.886. The van der Waals surface area contributed by atoms with Gasteiger partial charge in [0.1, 0.15) is 0 Å². The van der Waals surface area contributed by atoms with Crippen LogP contribution in [-0.2, 0) is 11.1 Å². The first kappa shape index (κ1) is 12.1. The van der Waals surface area contributed by atoms with Crippen molar-refractivity contribution in [3.8, 4) is 0 Å². The van der Waals surface area contributed by atoms with Gasteiger partial charge in [-0.25, -0.2) is 0 Å². The normalized spacial score (nSPS) is 12.4. The fourth-order valence-corrected chi connectivity index (χ4v) is 0.967. The molecular formula is C8H7NaO2S. The fraction of sp³-hybridized carbons (Fsp3) is 0. The van der Waals surface area contributed by atoms with Crippen molar-refractivity contribution in [2.24, 2.45) is 0 Å². The van der Waals surface area contributed by atoms with Crippen LogP contribution in [0.5, 0.6) is 0 Å². The maximum Gasteiger partial charge on any atom is 1.00 e. The quantitative estimate of drug-likeness (QED) is 0.422. The molecule has 2 nitrogen and oxygen atoms in total. The summed E-state index contributed by atoms with van der Waals surface area (Å²) in [6.07, 6.45) is 1.54. The smallest absolute Gasteiger partial charge is 0.769 e. The zero-order valence-electron chi connectivity index (χ0n) is 6.77. The zero-order chi connectivity index (χ0) is 8.10. The Morgan fingerprint density at radius 3 is 2.33 bits per heavy atom. The van der Waals surface area contributed by atoms with Gasteiger partial charge in [0, 0.05) is 0 Å². The van der Waals surface area contributed by atoms with Gasteiger partial charge in [0.25, 0.3) is 0 Å². The van der Waals surface area contributed by atoms with E-state index in [0.717, 1.165) is 11.0 Å². The monoisotopic (exact) mass is 190 g/mol. The Kier molecular flexibility index (Phi) is 6.61. The summed E-state index contributed by atoms with van der Waals surface area (Å²) in [7, 11) is 0. The molecule has 0 radical (unpaired) electrons. The van der Waals surface area contributed by atoms with Gasteiger partial charge < -0.3 is 4.55 Å². The summed E-state index contributed by atoms with van der Waals surface area (Å²) in [6, 6.07) is 9.26. The first-order valence-electron chi connectivity index (χ1n) is 3.10. The first-order chi connectivity index (χ1) is 5.29. The van der Waals surface area contributed by atoms with Crippen molar-refractivity contribution in [3.63, 3.8) is 0 Å². The molecule has 1 aromatic carbocycles. The maximum absolute atomic E-state index is 10.1. The van der Waals surface area contributed by atoms with Crippen molar-refractivity contribution in [1.82, 2.24) is 0 Å². The molecule has 4 heteroatoms. The molecule has 0 N–H and O–H groups in total. The van der Waals surface area contributed by atoms with Crippen molar-refractivity contribution in [2.45, 2.75) is 0 Å². The molecule has 12 heavy (non-hydrogen) atoms. The third-order valence-corrected chi connectivity index (χ3v) is 1.53. The van der Waals surface area contributed by atoms with Crippen LogP contribution in [0.25, 0.3) is 6.08 Å². The van der Waals surface area contributed by atoms with E-state index in [0.29, 0.717) is 0 Å². The van der Waals surface area contributed by atoms with Crippen molar-refractivity contribution >= 4 is 17.2 Å². The van der Waals surface area contributed by atoms with Gasteiger partial charge in [-0.2, -0.15) is 0 Å². The molecule has 58 valence electrons. The summed E-state index contributed by atoms with van der Waals surface area (Å²) in [6.45, 7) is 0. The minimum absolute atomic E-state index is 0. The largest absolute Gasteiger partial charge is 1.00 e. The number of hydrogen-bond acceptors (Lipinski definition) is 2. The Morgan fingerprint density at radius 2 is 1.83 bits per heavy atom. The van der Waals surface area contributed by atoms with Crippen LogP contribution in [0.4, 0.5) is 0 Å². The maximum atomic E-state index is 10.1. The zero-order valence-corrected chi connectivity index (χ0v) is 9.58. The van der Waals surface area contributed by atoms with E-state index in [4.69, 9.17) is 0 Å². The van der Waals surface area contributed by atoms with Crippen LogP contribution in [0.2, 0.25) is 0 Å². The molecule has 0 aliphatic rings. The summed E-state index contributed by atoms with van der Waals surface area (Å²) in [4.78, 5) is 0. The minimum atomic E-state index is -2.10. The van der Waals surface area contributed by atoms with E-state index in [1.54, 1.807) is 6.08 Å². The molecule has 0 amide bonds. The van der Waals surface area contributed by atoms with E-state index in [1.807, 2.05) is 30.3 Å². The Bertz CT molecular complexity index is 272. The third-order valence-electron chi connectivity index (χ3n) is 1.17. The van der Waals surface area contributed by atoms with Crippen LogP contribution in [0.15, 0.2) is 35.7 Å². The van der Waals surface area contributed by atoms with Crippen LogP contribution in [0.1, 0.15) is 5.56 Å². The van der Waals surface area contributed by atoms with Gasteiger partial charge in [-0.15, -0.1) is 0 Å². The summed E-state index contributed by atoms with van der Waals surface area (Å²) in [5, 5.41) is 1.12. The van der Waals surface area contributed by atoms with Crippen molar-refractivity contribution in [3.05, 3.63) is 41.3 Å². The molecule has 0 fully saturated rings. The van der Waals surface area contributed by atoms with E-state index in [2.05, 4.69) is 0 Å². The van der Waals surface area contributed by atoms with E-state index in [9.17, 15) is 8.76 Å². The number of benzene rings is 1. The number of hydrogen-bond donors (Lipinski definition) is 0. The Labute approximate surface area is 96.3 Å². The standard InChI is InChI=1S/C8H8O2S.Na/c9-11(10)7-6-8-4-2-1-3-5-8;/h1-7H,(H,9,10);/q;+1/p-1. The molecule has 1 aromatic rings. The molecular weight excluding hydrogens is 183 g/mol. The summed E-state index contributed by atoms with van der Waals surface area (Å²) >= 11 is -2.10. The molecule has 0 spiro atoms. The van der Waals surface area contributed by atoms with E-state index < -0.39 is 11.1 Å². The van der Waals surface area contributed by atoms with Crippen LogP contribution in [0.3, 0.4) is 0 Å². The van der Waals surface area contributed by atoms with Gasteiger partial charge in [-0.3, -0.25) is 4.21 Å². The number of rotatable bonds is 2. The molecule has 1 rings (SSSR count). The van der Waals surface area contributed by atoms with Crippen LogP contribution >= 0.6 is 0 Å². The van der Waals surface area contributed by atoms with E-state index in [-0.39, 0.29) is 29.6 Å². The van der Waals surface area contributed by atoms with E-state index in [1.165, 1.54) is 0 Å². The average molecular weight is 190 g/mol. The van der Waals surface area contributed by atoms with Gasteiger partial charge in [0.15, 0.2) is 0 Å². The van der Waals surface area contributed by atoms with Crippen LogP contribution in [-0.4, -0.2) is 8.76 Å². The molecule has 1 atom stereocenters. The van der Waals surface area contributed by atoms with Crippen LogP contribution in [0, 0.1) is 0 Å². The fourth-order valence-electron chi connectivity index (χ4n) is 0.698. The molecule has 0 aliphatic heterocycles. The van der Waals surface area contributed by atoms with Crippen molar-refractivity contribution in [2.75, 3.05) is 0 Å². The predicted molar refractivity (Wildman–Crippen MR) is 44.4 cm³/mol. The topological polar surface area (TPSA) is 40.1 Å². The summed E-state index contributed by atoms with van der Waals surface area (Å²) < 4.78 is 20.2. The van der Waals surface area contributed by atoms with Gasteiger partial charge in [-0.1, -0.05) is 30.3 Å². The third kappa shape index (κ3) is 4.85. The van der Waals surface area contributed by atoms with Gasteiger partial charge >= 0.3 is 29.6 Å². The molecule has 0 aliphatic carbocycles. The summed E-state index contributed by atoms with van der Waals surface area (Å²) in [5.74, 6) is 0. The SMILES string of the molecule is O=S([O-])C=Cc1ccccc1.[Na+]. The second-order valence-electron chi connectivity index (χ2n) is 1.97. The second-order valence-corrected chi connectivity index (χ2v) is 2.77. The average Bonchev–Trinajstić information content (AvgIpc) is 2.03. The molecule has 0 heterocycles. The van der Waals surface area contributed by atoms with Gasteiger partial charge in [-0.05, 0) is 28.1 Å². The second kappa shape index (κ2) is 6.57. The van der Waals surface area contributed by atoms with Crippen molar-refractivity contribution < 1.29 is 38.3 Å². The molecule has 1 unspecified atom stereocenters.